The van der Waals surface area contributed by atoms with Crippen LogP contribution in [0, 0.1) is 12.8 Å². The van der Waals surface area contributed by atoms with Gasteiger partial charge in [0.2, 0.25) is 5.91 Å². The maximum Gasteiger partial charge on any atom is 0.251 e. The summed E-state index contributed by atoms with van der Waals surface area (Å²) in [4.78, 5) is 25.1. The number of thioether (sulfide) groups is 1. The molecule has 0 spiro atoms. The van der Waals surface area contributed by atoms with Crippen molar-refractivity contribution in [1.29, 1.82) is 0 Å². The zero-order chi connectivity index (χ0) is 22.4. The number of nitrogens with zero attached hydrogens (tertiary/aromatic N) is 3. The normalized spacial score (nSPS) is 15.6. The molecule has 8 heteroatoms. The van der Waals surface area contributed by atoms with Gasteiger partial charge in [-0.15, -0.1) is 10.2 Å². The van der Waals surface area contributed by atoms with Crippen LogP contribution >= 0.6 is 11.8 Å². The Hall–Kier alpha value is -2.35. The molecule has 1 aromatic heterocycles. The molecule has 0 saturated heterocycles. The first-order valence-electron chi connectivity index (χ1n) is 11.0. The summed E-state index contributed by atoms with van der Waals surface area (Å²) in [6.07, 6.45) is 5.79. The van der Waals surface area contributed by atoms with E-state index in [1.165, 1.54) is 31.0 Å². The molecule has 2 aromatic rings. The van der Waals surface area contributed by atoms with Gasteiger partial charge in [-0.3, -0.25) is 9.59 Å². The summed E-state index contributed by atoms with van der Waals surface area (Å²) in [5.41, 5.74) is 1.73. The van der Waals surface area contributed by atoms with Crippen LogP contribution in [0.2, 0.25) is 0 Å². The van der Waals surface area contributed by atoms with Crippen LogP contribution < -0.4 is 10.6 Å². The Morgan fingerprint density at radius 1 is 1.13 bits per heavy atom. The van der Waals surface area contributed by atoms with Crippen molar-refractivity contribution in [2.45, 2.75) is 70.1 Å². The Balaban J connectivity index is 1.62. The first-order valence-corrected chi connectivity index (χ1v) is 12.0. The first-order chi connectivity index (χ1) is 14.8. The Morgan fingerprint density at radius 2 is 1.81 bits per heavy atom. The predicted molar refractivity (Wildman–Crippen MR) is 123 cm³/mol. The zero-order valence-electron chi connectivity index (χ0n) is 18.9. The highest BCUT2D eigenvalue weighted by Crippen LogP contribution is 2.25. The number of benzene rings is 1. The molecule has 1 atom stereocenters. The fraction of sp³-hybridized carbons (Fsp3) is 0.565. The van der Waals surface area contributed by atoms with E-state index in [2.05, 4.69) is 20.8 Å². The zero-order valence-corrected chi connectivity index (χ0v) is 19.7. The van der Waals surface area contributed by atoms with Crippen LogP contribution in [0.3, 0.4) is 0 Å². The van der Waals surface area contributed by atoms with Gasteiger partial charge in [0.25, 0.3) is 5.91 Å². The number of carbonyl (C=O) groups is 2. The number of carbonyl (C=O) groups excluding carboxylic acids is 2. The predicted octanol–water partition coefficient (Wildman–Crippen LogP) is 3.79. The van der Waals surface area contributed by atoms with Crippen LogP contribution in [-0.4, -0.2) is 38.4 Å². The molecule has 1 saturated carbocycles. The Kier molecular flexibility index (Phi) is 8.12. The van der Waals surface area contributed by atoms with Crippen LogP contribution in [0.1, 0.15) is 73.7 Å². The first kappa shape index (κ1) is 23.3. The minimum atomic E-state index is -0.281. The van der Waals surface area contributed by atoms with Gasteiger partial charge in [-0.25, -0.2) is 0 Å². The SMILES string of the molecule is Cc1ccc(C(=O)N[C@@H](c2nnc(SCC(=O)NC3CCCCC3)n2C)C(C)C)cc1. The van der Waals surface area contributed by atoms with E-state index in [1.807, 2.05) is 56.7 Å². The highest BCUT2D eigenvalue weighted by atomic mass is 32.2. The lowest BCUT2D eigenvalue weighted by Crippen LogP contribution is -2.37. The van der Waals surface area contributed by atoms with Crippen LogP contribution in [0.15, 0.2) is 29.4 Å². The molecule has 31 heavy (non-hydrogen) atoms. The second-order valence-electron chi connectivity index (χ2n) is 8.65. The molecule has 7 nitrogen and oxygen atoms in total. The quantitative estimate of drug-likeness (QED) is 0.606. The van der Waals surface area contributed by atoms with E-state index in [9.17, 15) is 9.59 Å². The van der Waals surface area contributed by atoms with Crippen molar-refractivity contribution < 1.29 is 9.59 Å². The molecule has 2 N–H and O–H groups in total. The van der Waals surface area contributed by atoms with Crippen molar-refractivity contribution in [2.24, 2.45) is 13.0 Å². The van der Waals surface area contributed by atoms with Crippen molar-refractivity contribution in [3.63, 3.8) is 0 Å². The van der Waals surface area contributed by atoms with Crippen molar-refractivity contribution in [2.75, 3.05) is 5.75 Å². The summed E-state index contributed by atoms with van der Waals surface area (Å²) < 4.78 is 1.87. The molecule has 0 aliphatic heterocycles. The molecule has 3 rings (SSSR count). The summed E-state index contributed by atoms with van der Waals surface area (Å²) in [6, 6.07) is 7.52. The van der Waals surface area contributed by atoms with Crippen LogP contribution in [0.25, 0.3) is 0 Å². The standard InChI is InChI=1S/C23H33N5O2S/c1-15(2)20(25-22(30)17-12-10-16(3)11-13-17)21-26-27-23(28(21)4)31-14-19(29)24-18-8-6-5-7-9-18/h10-13,15,18,20H,5-9,14H2,1-4H3,(H,24,29)(H,25,30)/t20-/m1/s1. The highest BCUT2D eigenvalue weighted by molar-refractivity contribution is 7.99. The van der Waals surface area contributed by atoms with Crippen molar-refractivity contribution in [1.82, 2.24) is 25.4 Å². The van der Waals surface area contributed by atoms with Gasteiger partial charge in [0.15, 0.2) is 11.0 Å². The summed E-state index contributed by atoms with van der Waals surface area (Å²) in [7, 11) is 1.88. The number of hydrogen-bond acceptors (Lipinski definition) is 5. The minimum absolute atomic E-state index is 0.0366. The van der Waals surface area contributed by atoms with Gasteiger partial charge in [-0.2, -0.15) is 0 Å². The summed E-state index contributed by atoms with van der Waals surface area (Å²) in [5, 5.41) is 15.5. The van der Waals surface area contributed by atoms with Gasteiger partial charge in [0.1, 0.15) is 0 Å². The van der Waals surface area contributed by atoms with E-state index in [0.29, 0.717) is 28.3 Å². The second kappa shape index (κ2) is 10.8. The van der Waals surface area contributed by atoms with Crippen LogP contribution in [0.4, 0.5) is 0 Å². The molecular weight excluding hydrogens is 410 g/mol. The summed E-state index contributed by atoms with van der Waals surface area (Å²) in [5.74, 6) is 1.03. The maximum absolute atomic E-state index is 12.7. The molecule has 1 aliphatic rings. The van der Waals surface area contributed by atoms with E-state index in [4.69, 9.17) is 0 Å². The molecule has 0 bridgehead atoms. The lowest BCUT2D eigenvalue weighted by molar-refractivity contribution is -0.119. The fourth-order valence-corrected chi connectivity index (χ4v) is 4.56. The third-order valence-corrected chi connectivity index (χ3v) is 6.74. The minimum Gasteiger partial charge on any atom is -0.353 e. The van der Waals surface area contributed by atoms with Crippen molar-refractivity contribution in [3.05, 3.63) is 41.2 Å². The maximum atomic E-state index is 12.7. The number of amides is 2. The van der Waals surface area contributed by atoms with E-state index >= 15 is 0 Å². The topological polar surface area (TPSA) is 88.9 Å². The van der Waals surface area contributed by atoms with Gasteiger partial charge in [0, 0.05) is 18.7 Å². The molecular formula is C23H33N5O2S. The number of hydrogen-bond donors (Lipinski definition) is 2. The third-order valence-electron chi connectivity index (χ3n) is 5.72. The Morgan fingerprint density at radius 3 is 2.45 bits per heavy atom. The smallest absolute Gasteiger partial charge is 0.251 e. The molecule has 1 heterocycles. The van der Waals surface area contributed by atoms with E-state index in [1.54, 1.807) is 0 Å². The highest BCUT2D eigenvalue weighted by Gasteiger charge is 2.25. The van der Waals surface area contributed by atoms with Gasteiger partial charge < -0.3 is 15.2 Å². The molecule has 2 amide bonds. The largest absolute Gasteiger partial charge is 0.353 e. The molecule has 168 valence electrons. The number of nitrogens with one attached hydrogen (secondary N) is 2. The van der Waals surface area contributed by atoms with Crippen molar-refractivity contribution in [3.8, 4) is 0 Å². The van der Waals surface area contributed by atoms with E-state index < -0.39 is 0 Å². The molecule has 0 unspecified atom stereocenters. The lowest BCUT2D eigenvalue weighted by atomic mass is 9.95. The summed E-state index contributed by atoms with van der Waals surface area (Å²) >= 11 is 1.38. The molecule has 1 fully saturated rings. The second-order valence-corrected chi connectivity index (χ2v) is 9.59. The monoisotopic (exact) mass is 443 g/mol. The Bertz CT molecular complexity index is 888. The molecule has 0 radical (unpaired) electrons. The van der Waals surface area contributed by atoms with E-state index in [-0.39, 0.29) is 23.8 Å². The van der Waals surface area contributed by atoms with Gasteiger partial charge in [-0.1, -0.05) is 62.6 Å². The fourth-order valence-electron chi connectivity index (χ4n) is 3.83. The average Bonchev–Trinajstić information content (AvgIpc) is 3.11. The molecule has 1 aromatic carbocycles. The lowest BCUT2D eigenvalue weighted by Gasteiger charge is -2.22. The van der Waals surface area contributed by atoms with E-state index in [0.717, 1.165) is 18.4 Å². The third kappa shape index (κ3) is 6.32. The van der Waals surface area contributed by atoms with Crippen LogP contribution in [-0.2, 0) is 11.8 Å². The Labute approximate surface area is 188 Å². The number of aryl methyl sites for hydroxylation is 1. The number of rotatable bonds is 8. The van der Waals surface area contributed by atoms with Gasteiger partial charge in [-0.05, 0) is 37.8 Å². The van der Waals surface area contributed by atoms with Crippen LogP contribution in [0.5, 0.6) is 0 Å². The molecule has 1 aliphatic carbocycles. The average molecular weight is 444 g/mol. The van der Waals surface area contributed by atoms with Crippen molar-refractivity contribution >= 4 is 23.6 Å². The number of aromatic nitrogens is 3. The summed E-state index contributed by atoms with van der Waals surface area (Å²) in [6.45, 7) is 6.07. The van der Waals surface area contributed by atoms with Gasteiger partial charge >= 0.3 is 0 Å². The van der Waals surface area contributed by atoms with Gasteiger partial charge in [0.05, 0.1) is 11.8 Å².